The lowest BCUT2D eigenvalue weighted by atomic mass is 9.64. The first kappa shape index (κ1) is 19.0. The highest BCUT2D eigenvalue weighted by atomic mass is 14.4. The van der Waals surface area contributed by atoms with Crippen molar-refractivity contribution in [3.8, 4) is 12.1 Å². The van der Waals surface area contributed by atoms with E-state index in [0.717, 1.165) is 32.1 Å². The van der Waals surface area contributed by atoms with E-state index >= 15 is 0 Å². The third-order valence-corrected chi connectivity index (χ3v) is 7.01. The number of fused-ring (bicyclic) bond motifs is 3. The topological polar surface area (TPSA) is 47.6 Å². The number of benzene rings is 1. The van der Waals surface area contributed by atoms with Crippen LogP contribution >= 0.6 is 0 Å². The Morgan fingerprint density at radius 3 is 1.54 bits per heavy atom. The Hall–Kier alpha value is -1.80. The van der Waals surface area contributed by atoms with Crippen LogP contribution in [0.1, 0.15) is 87.8 Å². The summed E-state index contributed by atoms with van der Waals surface area (Å²) in [5.41, 5.74) is 7.13. The Labute approximate surface area is 159 Å². The summed E-state index contributed by atoms with van der Waals surface area (Å²) in [7, 11) is 0. The van der Waals surface area contributed by atoms with E-state index in [-0.39, 0.29) is 10.8 Å². The SMILES string of the molecule is CC(C)(C)C1CCc2c(c(C#N)c(C#N)c3c2CC(C(C)(C)C)CC3)C1. The lowest BCUT2D eigenvalue weighted by molar-refractivity contribution is 0.208. The molecule has 2 nitrogen and oxygen atoms in total. The van der Waals surface area contributed by atoms with Gasteiger partial charge in [0.25, 0.3) is 0 Å². The molecule has 0 bridgehead atoms. The molecule has 1 aromatic carbocycles. The summed E-state index contributed by atoms with van der Waals surface area (Å²) in [4.78, 5) is 0. The normalized spacial score (nSPS) is 22.8. The number of nitrogens with zero attached hydrogens (tertiary/aromatic N) is 2. The van der Waals surface area contributed by atoms with Crippen molar-refractivity contribution in [1.29, 1.82) is 10.5 Å². The maximum Gasteiger partial charge on any atom is 0.101 e. The van der Waals surface area contributed by atoms with Crippen LogP contribution in [0, 0.1) is 45.3 Å². The second-order valence-electron chi connectivity index (χ2n) is 10.5. The maximum absolute atomic E-state index is 9.88. The van der Waals surface area contributed by atoms with Crippen molar-refractivity contribution in [3.63, 3.8) is 0 Å². The molecule has 0 radical (unpaired) electrons. The van der Waals surface area contributed by atoms with E-state index in [0.29, 0.717) is 23.0 Å². The summed E-state index contributed by atoms with van der Waals surface area (Å²) in [6.07, 6.45) is 6.35. The van der Waals surface area contributed by atoms with Gasteiger partial charge >= 0.3 is 0 Å². The van der Waals surface area contributed by atoms with Crippen molar-refractivity contribution in [2.45, 2.75) is 80.1 Å². The van der Waals surface area contributed by atoms with Gasteiger partial charge in [-0.2, -0.15) is 10.5 Å². The predicted octanol–water partition coefficient (Wildman–Crippen LogP) is 5.73. The van der Waals surface area contributed by atoms with Gasteiger partial charge in [0.05, 0.1) is 11.1 Å². The van der Waals surface area contributed by atoms with E-state index in [4.69, 9.17) is 0 Å². The molecule has 2 aliphatic rings. The van der Waals surface area contributed by atoms with Gasteiger partial charge in [0.1, 0.15) is 12.1 Å². The average molecular weight is 349 g/mol. The Kier molecular flexibility index (Phi) is 4.69. The van der Waals surface area contributed by atoms with Crippen LogP contribution in [-0.4, -0.2) is 0 Å². The molecule has 2 atom stereocenters. The highest BCUT2D eigenvalue weighted by molar-refractivity contribution is 5.62. The molecule has 3 rings (SSSR count). The van der Waals surface area contributed by atoms with Crippen LogP contribution in [0.2, 0.25) is 0 Å². The molecule has 0 heterocycles. The van der Waals surface area contributed by atoms with Gasteiger partial charge < -0.3 is 0 Å². The van der Waals surface area contributed by atoms with Crippen LogP contribution < -0.4 is 0 Å². The molecule has 0 amide bonds. The maximum atomic E-state index is 9.88. The molecule has 138 valence electrons. The van der Waals surface area contributed by atoms with Crippen LogP contribution in [-0.2, 0) is 25.7 Å². The van der Waals surface area contributed by atoms with E-state index in [9.17, 15) is 10.5 Å². The summed E-state index contributed by atoms with van der Waals surface area (Å²) in [6.45, 7) is 13.9. The minimum Gasteiger partial charge on any atom is -0.192 e. The standard InChI is InChI=1S/C24H32N2/c1-23(2,3)15-8-10-18-19(11-15)17-9-7-16(24(4,5)6)12-20(17)22(14-26)21(18)13-25/h15-16H,7-12H2,1-6H3. The van der Waals surface area contributed by atoms with Crippen LogP contribution in [0.3, 0.4) is 0 Å². The van der Waals surface area contributed by atoms with E-state index in [1.807, 2.05) is 0 Å². The van der Waals surface area contributed by atoms with Crippen molar-refractivity contribution in [1.82, 2.24) is 0 Å². The monoisotopic (exact) mass is 348 g/mol. The summed E-state index contributed by atoms with van der Waals surface area (Å²) in [6, 6.07) is 4.83. The number of hydrogen-bond acceptors (Lipinski definition) is 2. The van der Waals surface area contributed by atoms with Crippen LogP contribution in [0.4, 0.5) is 0 Å². The van der Waals surface area contributed by atoms with Gasteiger partial charge in [-0.3, -0.25) is 0 Å². The predicted molar refractivity (Wildman–Crippen MR) is 106 cm³/mol. The average Bonchev–Trinajstić information content (AvgIpc) is 2.57. The van der Waals surface area contributed by atoms with Crippen molar-refractivity contribution in [3.05, 3.63) is 33.4 Å². The largest absolute Gasteiger partial charge is 0.192 e. The van der Waals surface area contributed by atoms with Crippen molar-refractivity contribution in [2.75, 3.05) is 0 Å². The van der Waals surface area contributed by atoms with Crippen molar-refractivity contribution < 1.29 is 0 Å². The summed E-state index contributed by atoms with van der Waals surface area (Å²) in [5.74, 6) is 1.23. The van der Waals surface area contributed by atoms with E-state index < -0.39 is 0 Å². The molecule has 1 aromatic rings. The first-order chi connectivity index (χ1) is 12.1. The molecule has 2 heteroatoms. The highest BCUT2D eigenvalue weighted by Gasteiger charge is 2.37. The molecular weight excluding hydrogens is 316 g/mol. The molecular formula is C24H32N2. The van der Waals surface area contributed by atoms with E-state index in [2.05, 4.69) is 53.7 Å². The molecule has 0 aromatic heterocycles. The smallest absolute Gasteiger partial charge is 0.101 e. The first-order valence-corrected chi connectivity index (χ1v) is 10.1. The fourth-order valence-corrected chi connectivity index (χ4v) is 5.08. The molecule has 0 fully saturated rings. The minimum atomic E-state index is 0.237. The lowest BCUT2D eigenvalue weighted by Gasteiger charge is -2.40. The fraction of sp³-hybridized carbons (Fsp3) is 0.667. The second-order valence-corrected chi connectivity index (χ2v) is 10.5. The zero-order chi connectivity index (χ0) is 19.3. The molecule has 0 aliphatic heterocycles. The van der Waals surface area contributed by atoms with E-state index in [1.54, 1.807) is 0 Å². The van der Waals surface area contributed by atoms with Crippen molar-refractivity contribution in [2.24, 2.45) is 22.7 Å². The zero-order valence-corrected chi connectivity index (χ0v) is 17.3. The van der Waals surface area contributed by atoms with E-state index in [1.165, 1.54) is 28.7 Å². The summed E-state index contributed by atoms with van der Waals surface area (Å²) in [5, 5.41) is 19.7. The minimum absolute atomic E-state index is 0.237. The van der Waals surface area contributed by atoms with Crippen LogP contribution in [0.25, 0.3) is 0 Å². The molecule has 0 saturated carbocycles. The second kappa shape index (κ2) is 6.42. The Morgan fingerprint density at radius 1 is 0.654 bits per heavy atom. The van der Waals surface area contributed by atoms with Crippen LogP contribution in [0.5, 0.6) is 0 Å². The molecule has 2 aliphatic carbocycles. The molecule has 2 unspecified atom stereocenters. The van der Waals surface area contributed by atoms with Crippen LogP contribution in [0.15, 0.2) is 0 Å². The Bertz CT molecular complexity index is 803. The molecule has 0 spiro atoms. The molecule has 0 N–H and O–H groups in total. The third kappa shape index (κ3) is 3.16. The van der Waals surface area contributed by atoms with Gasteiger partial charge in [-0.15, -0.1) is 0 Å². The number of rotatable bonds is 0. The van der Waals surface area contributed by atoms with Gasteiger partial charge in [-0.05, 0) is 83.4 Å². The van der Waals surface area contributed by atoms with Gasteiger partial charge in [0, 0.05) is 0 Å². The highest BCUT2D eigenvalue weighted by Crippen LogP contribution is 2.45. The molecule has 26 heavy (non-hydrogen) atoms. The van der Waals surface area contributed by atoms with Gasteiger partial charge in [-0.25, -0.2) is 0 Å². The number of hydrogen-bond donors (Lipinski definition) is 0. The third-order valence-electron chi connectivity index (χ3n) is 7.01. The van der Waals surface area contributed by atoms with Crippen molar-refractivity contribution >= 4 is 0 Å². The Morgan fingerprint density at radius 2 is 1.08 bits per heavy atom. The van der Waals surface area contributed by atoms with Gasteiger partial charge in [-0.1, -0.05) is 41.5 Å². The molecule has 0 saturated heterocycles. The fourth-order valence-electron chi connectivity index (χ4n) is 5.08. The van der Waals surface area contributed by atoms with Gasteiger partial charge in [0.15, 0.2) is 0 Å². The summed E-state index contributed by atoms with van der Waals surface area (Å²) < 4.78 is 0. The van der Waals surface area contributed by atoms with Gasteiger partial charge in [0.2, 0.25) is 0 Å². The quantitative estimate of drug-likeness (QED) is 0.601. The first-order valence-electron chi connectivity index (χ1n) is 10.1. The summed E-state index contributed by atoms with van der Waals surface area (Å²) >= 11 is 0. The Balaban J connectivity index is 2.17. The zero-order valence-electron chi connectivity index (χ0n) is 17.3. The lowest BCUT2D eigenvalue weighted by Crippen LogP contribution is -2.32. The number of nitriles is 2.